The first-order valence-corrected chi connectivity index (χ1v) is 9.98. The molecule has 1 aliphatic rings. The highest BCUT2D eigenvalue weighted by Crippen LogP contribution is 2.25. The minimum absolute atomic E-state index is 0.181. The molecule has 0 radical (unpaired) electrons. The Labute approximate surface area is 167 Å². The third-order valence-electron chi connectivity index (χ3n) is 5.02. The Balaban J connectivity index is 1.65. The first-order valence-electron chi connectivity index (χ1n) is 9.61. The van der Waals surface area contributed by atoms with E-state index in [1.165, 1.54) is 0 Å². The summed E-state index contributed by atoms with van der Waals surface area (Å²) in [4.78, 5) is 16.1. The molecule has 0 spiro atoms. The van der Waals surface area contributed by atoms with Crippen LogP contribution in [0.1, 0.15) is 32.1 Å². The summed E-state index contributed by atoms with van der Waals surface area (Å²) in [6, 6.07) is 6.97. The van der Waals surface area contributed by atoms with Gasteiger partial charge in [-0.25, -0.2) is 4.79 Å². The minimum Gasteiger partial charge on any atom is -0.410 e. The molecule has 7 heteroatoms. The number of rotatable bonds is 9. The van der Waals surface area contributed by atoms with E-state index in [-0.39, 0.29) is 24.8 Å². The van der Waals surface area contributed by atoms with Crippen molar-refractivity contribution in [2.45, 2.75) is 44.2 Å². The molecule has 1 fully saturated rings. The van der Waals surface area contributed by atoms with Gasteiger partial charge in [0.25, 0.3) is 0 Å². The number of nitrogens with zero attached hydrogens (tertiary/aromatic N) is 2. The summed E-state index contributed by atoms with van der Waals surface area (Å²) in [5.74, 6) is 0.499. The molecule has 1 saturated carbocycles. The molecule has 152 valence electrons. The van der Waals surface area contributed by atoms with E-state index in [1.807, 2.05) is 7.05 Å². The minimum atomic E-state index is -0.339. The molecule has 1 amide bonds. The van der Waals surface area contributed by atoms with Crippen molar-refractivity contribution in [2.24, 2.45) is 0 Å². The quantitative estimate of drug-likeness (QED) is 0.646. The fourth-order valence-electron chi connectivity index (χ4n) is 3.29. The van der Waals surface area contributed by atoms with Crippen LogP contribution >= 0.6 is 11.6 Å². The van der Waals surface area contributed by atoms with Crippen LogP contribution in [0.3, 0.4) is 0 Å². The summed E-state index contributed by atoms with van der Waals surface area (Å²) in [5.41, 5.74) is 0. The van der Waals surface area contributed by atoms with Crippen LogP contribution in [0.4, 0.5) is 4.79 Å². The smallest absolute Gasteiger partial charge is 0.410 e. The van der Waals surface area contributed by atoms with E-state index in [0.29, 0.717) is 17.3 Å². The normalized spacial score (nSPS) is 19.9. The third-order valence-corrected chi connectivity index (χ3v) is 5.27. The third kappa shape index (κ3) is 7.66. The maximum Gasteiger partial charge on any atom is 0.415 e. The monoisotopic (exact) mass is 398 g/mol. The zero-order valence-electron chi connectivity index (χ0n) is 16.3. The molecule has 0 unspecified atom stereocenters. The number of hydrogen-bond donors (Lipinski definition) is 1. The molecule has 0 heterocycles. The van der Waals surface area contributed by atoms with E-state index in [2.05, 4.69) is 4.90 Å². The summed E-state index contributed by atoms with van der Waals surface area (Å²) in [5, 5.41) is 9.50. The Kier molecular flexibility index (Phi) is 9.34. The van der Waals surface area contributed by atoms with Crippen LogP contribution < -0.4 is 4.74 Å². The lowest BCUT2D eigenvalue weighted by atomic mass is 9.92. The molecule has 0 aliphatic heterocycles. The van der Waals surface area contributed by atoms with Crippen molar-refractivity contribution in [1.82, 2.24) is 9.80 Å². The van der Waals surface area contributed by atoms with Gasteiger partial charge in [0.2, 0.25) is 0 Å². The zero-order valence-corrected chi connectivity index (χ0v) is 17.0. The molecule has 0 saturated heterocycles. The molecule has 6 nitrogen and oxygen atoms in total. The summed E-state index contributed by atoms with van der Waals surface area (Å²) in [7, 11) is 3.79. The highest BCUT2D eigenvalue weighted by Gasteiger charge is 2.27. The average molecular weight is 399 g/mol. The molecule has 0 atom stereocenters. The van der Waals surface area contributed by atoms with Crippen LogP contribution in [0.25, 0.3) is 0 Å². The van der Waals surface area contributed by atoms with E-state index < -0.39 is 0 Å². The van der Waals surface area contributed by atoms with Gasteiger partial charge in [-0.1, -0.05) is 11.6 Å². The maximum atomic E-state index is 12.3. The Morgan fingerprint density at radius 3 is 2.44 bits per heavy atom. The van der Waals surface area contributed by atoms with Crippen LogP contribution in [0, 0.1) is 0 Å². The Hall–Kier alpha value is -1.34. The van der Waals surface area contributed by atoms with Gasteiger partial charge in [-0.2, -0.15) is 0 Å². The number of carbonyl (C=O) groups is 1. The number of amides is 1. The van der Waals surface area contributed by atoms with Gasteiger partial charge in [0.05, 0.1) is 12.7 Å². The molecule has 1 aromatic carbocycles. The number of aliphatic hydroxyl groups excluding tert-OH is 1. The summed E-state index contributed by atoms with van der Waals surface area (Å²) in [6.45, 7) is 2.55. The van der Waals surface area contributed by atoms with E-state index in [1.54, 1.807) is 36.2 Å². The van der Waals surface area contributed by atoms with Gasteiger partial charge in [0.1, 0.15) is 5.75 Å². The molecule has 27 heavy (non-hydrogen) atoms. The molecular weight excluding hydrogens is 368 g/mol. The van der Waals surface area contributed by atoms with Crippen molar-refractivity contribution >= 4 is 17.7 Å². The van der Waals surface area contributed by atoms with Crippen LogP contribution in [0.2, 0.25) is 5.02 Å². The molecule has 1 N–H and O–H groups in total. The van der Waals surface area contributed by atoms with Crippen molar-refractivity contribution in [3.8, 4) is 5.75 Å². The largest absolute Gasteiger partial charge is 0.415 e. The highest BCUT2D eigenvalue weighted by atomic mass is 35.5. The fourth-order valence-corrected chi connectivity index (χ4v) is 3.42. The second-order valence-corrected chi connectivity index (χ2v) is 7.55. The maximum absolute atomic E-state index is 12.3. The molecule has 1 aliphatic carbocycles. The zero-order chi connectivity index (χ0) is 19.6. The van der Waals surface area contributed by atoms with Crippen molar-refractivity contribution in [3.63, 3.8) is 0 Å². The number of aliphatic hydroxyl groups is 1. The van der Waals surface area contributed by atoms with Gasteiger partial charge in [0, 0.05) is 37.8 Å². The standard InChI is InChI=1S/C20H31ClN2O4/c1-22(13-14-24)12-3-15-26-18-10-6-17(7-11-18)23(2)20(25)27-19-8-4-16(21)5-9-19/h4-5,8-9,17-18,24H,3,6-7,10-15H2,1-2H3. The lowest BCUT2D eigenvalue weighted by Crippen LogP contribution is -2.42. The number of hydrogen-bond acceptors (Lipinski definition) is 5. The second-order valence-electron chi connectivity index (χ2n) is 7.11. The van der Waals surface area contributed by atoms with Gasteiger partial charge in [-0.3, -0.25) is 0 Å². The Morgan fingerprint density at radius 2 is 1.81 bits per heavy atom. The lowest BCUT2D eigenvalue weighted by Gasteiger charge is -2.34. The van der Waals surface area contributed by atoms with Gasteiger partial charge in [-0.15, -0.1) is 0 Å². The number of ether oxygens (including phenoxy) is 2. The first-order chi connectivity index (χ1) is 13.0. The predicted molar refractivity (Wildman–Crippen MR) is 106 cm³/mol. The molecular formula is C20H31ClN2O4. The number of likely N-dealkylation sites (N-methyl/N-ethyl adjacent to an activating group) is 1. The Morgan fingerprint density at radius 1 is 1.15 bits per heavy atom. The van der Waals surface area contributed by atoms with Crippen LogP contribution in [-0.4, -0.2) is 73.5 Å². The van der Waals surface area contributed by atoms with Gasteiger partial charge >= 0.3 is 6.09 Å². The first kappa shape index (κ1) is 22.0. The van der Waals surface area contributed by atoms with Crippen LogP contribution in [0.5, 0.6) is 5.75 Å². The number of benzene rings is 1. The van der Waals surface area contributed by atoms with Gasteiger partial charge < -0.3 is 24.4 Å². The average Bonchev–Trinajstić information content (AvgIpc) is 2.67. The van der Waals surface area contributed by atoms with E-state index in [0.717, 1.165) is 45.3 Å². The molecule has 1 aromatic rings. The molecule has 2 rings (SSSR count). The van der Waals surface area contributed by atoms with Crippen molar-refractivity contribution < 1.29 is 19.4 Å². The van der Waals surface area contributed by atoms with E-state index in [9.17, 15) is 4.79 Å². The van der Waals surface area contributed by atoms with E-state index in [4.69, 9.17) is 26.2 Å². The van der Waals surface area contributed by atoms with Crippen LogP contribution in [-0.2, 0) is 4.74 Å². The number of carbonyl (C=O) groups excluding carboxylic acids is 1. The highest BCUT2D eigenvalue weighted by molar-refractivity contribution is 6.30. The Bertz CT molecular complexity index is 562. The predicted octanol–water partition coefficient (Wildman–Crippen LogP) is 3.41. The summed E-state index contributed by atoms with van der Waals surface area (Å²) >= 11 is 5.85. The van der Waals surface area contributed by atoms with Gasteiger partial charge in [0.15, 0.2) is 0 Å². The van der Waals surface area contributed by atoms with Crippen molar-refractivity contribution in [3.05, 3.63) is 29.3 Å². The fraction of sp³-hybridized carbons (Fsp3) is 0.650. The van der Waals surface area contributed by atoms with Crippen molar-refractivity contribution in [1.29, 1.82) is 0 Å². The molecule has 0 aromatic heterocycles. The SMILES string of the molecule is CN(CCO)CCCOC1CCC(N(C)C(=O)Oc2ccc(Cl)cc2)CC1. The lowest BCUT2D eigenvalue weighted by molar-refractivity contribution is 0.00872. The van der Waals surface area contributed by atoms with Gasteiger partial charge in [-0.05, 0) is 63.4 Å². The second kappa shape index (κ2) is 11.5. The summed E-state index contributed by atoms with van der Waals surface area (Å²) < 4.78 is 11.4. The summed E-state index contributed by atoms with van der Waals surface area (Å²) in [6.07, 6.45) is 4.64. The van der Waals surface area contributed by atoms with E-state index >= 15 is 0 Å². The van der Waals surface area contributed by atoms with Crippen molar-refractivity contribution in [2.75, 3.05) is 40.4 Å². The molecule has 0 bridgehead atoms. The van der Waals surface area contributed by atoms with Crippen LogP contribution in [0.15, 0.2) is 24.3 Å². The topological polar surface area (TPSA) is 62.2 Å². The number of halogens is 1.